The summed E-state index contributed by atoms with van der Waals surface area (Å²) in [6.07, 6.45) is 2.27. The molecule has 11 heteroatoms. The summed E-state index contributed by atoms with van der Waals surface area (Å²) < 4.78 is 19.0. The Morgan fingerprint density at radius 3 is 2.94 bits per heavy atom. The maximum atomic E-state index is 13.5. The fourth-order valence-electron chi connectivity index (χ4n) is 6.05. The van der Waals surface area contributed by atoms with Gasteiger partial charge in [-0.25, -0.2) is 9.40 Å². The number of carbonyl (C=O) groups excluding carboxylic acids is 1. The molecule has 2 saturated heterocycles. The number of hydrazine groups is 1. The van der Waals surface area contributed by atoms with Crippen LogP contribution in [0, 0.1) is 17.7 Å². The molecule has 6 atom stereocenters. The maximum absolute atomic E-state index is 13.5. The van der Waals surface area contributed by atoms with Crippen molar-refractivity contribution in [1.82, 2.24) is 26.5 Å². The summed E-state index contributed by atoms with van der Waals surface area (Å²) in [6.45, 7) is 3.01. The summed E-state index contributed by atoms with van der Waals surface area (Å²) >= 11 is 5.68. The van der Waals surface area contributed by atoms with Gasteiger partial charge in [-0.3, -0.25) is 20.4 Å². The van der Waals surface area contributed by atoms with E-state index in [2.05, 4.69) is 33.5 Å². The van der Waals surface area contributed by atoms with Crippen LogP contribution in [0.3, 0.4) is 0 Å². The third-order valence-electron chi connectivity index (χ3n) is 7.75. The van der Waals surface area contributed by atoms with E-state index in [0.29, 0.717) is 30.0 Å². The molecule has 9 nitrogen and oxygen atoms in total. The summed E-state index contributed by atoms with van der Waals surface area (Å²) in [6, 6.07) is 4.20. The zero-order valence-electron chi connectivity index (χ0n) is 19.4. The Hall–Kier alpha value is -1.53. The molecule has 0 spiro atoms. The molecule has 2 bridgehead atoms. The lowest BCUT2D eigenvalue weighted by atomic mass is 9.76. The summed E-state index contributed by atoms with van der Waals surface area (Å²) in [4.78, 5) is 18.8. The van der Waals surface area contributed by atoms with Gasteiger partial charge in [0.1, 0.15) is 30.4 Å². The number of fused-ring (bicyclic) bond motifs is 1. The fourth-order valence-corrected chi connectivity index (χ4v) is 6.16. The third-order valence-corrected chi connectivity index (χ3v) is 8.06. The lowest BCUT2D eigenvalue weighted by Gasteiger charge is -2.39. The quantitative estimate of drug-likeness (QED) is 0.338. The smallest absolute Gasteiger partial charge is 0.240 e. The van der Waals surface area contributed by atoms with E-state index in [1.807, 2.05) is 7.05 Å². The van der Waals surface area contributed by atoms with Crippen molar-refractivity contribution in [2.45, 2.75) is 68.6 Å². The number of aliphatic hydroxyl groups is 1. The number of halogens is 2. The summed E-state index contributed by atoms with van der Waals surface area (Å²) in [5, 5.41) is 18.9. The van der Waals surface area contributed by atoms with Crippen LogP contribution in [0.1, 0.15) is 32.6 Å². The Labute approximate surface area is 203 Å². The molecule has 5 aliphatic rings. The Morgan fingerprint density at radius 2 is 2.24 bits per heavy atom. The normalized spacial score (nSPS) is 38.0. The van der Waals surface area contributed by atoms with E-state index in [9.17, 15) is 14.3 Å². The first kappa shape index (κ1) is 24.2. The van der Waals surface area contributed by atoms with Crippen molar-refractivity contribution in [3.8, 4) is 5.75 Å². The molecule has 2 aliphatic heterocycles. The van der Waals surface area contributed by atoms with E-state index in [0.717, 1.165) is 25.8 Å². The molecule has 5 N–H and O–H groups in total. The highest BCUT2D eigenvalue weighted by atomic mass is 35.5. The molecular formula is C23H33ClFN5O4. The van der Waals surface area contributed by atoms with E-state index in [1.54, 1.807) is 6.07 Å². The molecule has 188 valence electrons. The number of amides is 1. The summed E-state index contributed by atoms with van der Waals surface area (Å²) in [5.41, 5.74) is 6.08. The van der Waals surface area contributed by atoms with Gasteiger partial charge in [0.05, 0.1) is 11.1 Å². The average Bonchev–Trinajstić information content (AvgIpc) is 3.51. The average molecular weight is 498 g/mol. The van der Waals surface area contributed by atoms with Crippen LogP contribution in [0.25, 0.3) is 0 Å². The topological polar surface area (TPSA) is 107 Å². The minimum Gasteiger partial charge on any atom is -0.489 e. The van der Waals surface area contributed by atoms with Crippen molar-refractivity contribution < 1.29 is 23.9 Å². The van der Waals surface area contributed by atoms with Crippen molar-refractivity contribution >= 4 is 17.5 Å². The minimum absolute atomic E-state index is 0.00269. The van der Waals surface area contributed by atoms with Crippen LogP contribution in [0.5, 0.6) is 5.75 Å². The van der Waals surface area contributed by atoms with E-state index in [-0.39, 0.29) is 41.3 Å². The van der Waals surface area contributed by atoms with Crippen molar-refractivity contribution in [2.24, 2.45) is 11.8 Å². The van der Waals surface area contributed by atoms with Gasteiger partial charge in [0.25, 0.3) is 0 Å². The number of hydrogen-bond donors (Lipinski definition) is 5. The lowest BCUT2D eigenvalue weighted by molar-refractivity contribution is -0.127. The highest BCUT2D eigenvalue weighted by Crippen LogP contribution is 2.52. The standard InChI is InChI=1S/C23H33ClFN5O4/c1-12-15(10-30(2)28-12)20-6-18(29-34-20)22(32)27-23-7-13(8-23)19(9-23)26-21(31)11-33-14-3-4-16(24)17(25)5-14/h3-5,12-13,15,18-21,26,28-29,31H,6-11H2,1-2H3,(H,27,32)/t12?,13?,15?,18?,19-,20?,21?,23?/m0/s1. The summed E-state index contributed by atoms with van der Waals surface area (Å²) in [7, 11) is 2.01. The number of nitrogens with one attached hydrogen (secondary N) is 4. The van der Waals surface area contributed by atoms with Crippen molar-refractivity contribution in [2.75, 3.05) is 20.2 Å². The highest BCUT2D eigenvalue weighted by molar-refractivity contribution is 6.30. The predicted molar refractivity (Wildman–Crippen MR) is 123 cm³/mol. The molecule has 0 aromatic heterocycles. The largest absolute Gasteiger partial charge is 0.489 e. The van der Waals surface area contributed by atoms with Crippen LogP contribution in [-0.2, 0) is 9.63 Å². The Morgan fingerprint density at radius 1 is 1.44 bits per heavy atom. The van der Waals surface area contributed by atoms with Crippen molar-refractivity contribution in [1.29, 1.82) is 0 Å². The van der Waals surface area contributed by atoms with Gasteiger partial charge < -0.3 is 15.2 Å². The van der Waals surface area contributed by atoms with Gasteiger partial charge in [0.15, 0.2) is 0 Å². The number of rotatable bonds is 8. The van der Waals surface area contributed by atoms with Gasteiger partial charge in [-0.05, 0) is 44.2 Å². The first-order chi connectivity index (χ1) is 16.2. The fraction of sp³-hybridized carbons (Fsp3) is 0.696. The molecule has 3 aliphatic carbocycles. The van der Waals surface area contributed by atoms with Crippen molar-refractivity contribution in [3.63, 3.8) is 0 Å². The molecule has 6 rings (SSSR count). The van der Waals surface area contributed by atoms with Gasteiger partial charge >= 0.3 is 0 Å². The number of ether oxygens (including phenoxy) is 1. The second kappa shape index (κ2) is 9.50. The number of carbonyl (C=O) groups is 1. The highest BCUT2D eigenvalue weighted by Gasteiger charge is 2.57. The molecule has 5 unspecified atom stereocenters. The first-order valence-corrected chi connectivity index (χ1v) is 12.3. The van der Waals surface area contributed by atoms with Crippen LogP contribution < -0.4 is 26.3 Å². The van der Waals surface area contributed by atoms with Crippen LogP contribution in [0.4, 0.5) is 4.39 Å². The second-order valence-corrected chi connectivity index (χ2v) is 10.7. The first-order valence-electron chi connectivity index (χ1n) is 11.9. The lowest BCUT2D eigenvalue weighted by Crippen LogP contribution is -2.55. The third kappa shape index (κ3) is 4.90. The van der Waals surface area contributed by atoms with Crippen LogP contribution in [0.2, 0.25) is 5.02 Å². The molecule has 34 heavy (non-hydrogen) atoms. The molecule has 2 heterocycles. The minimum atomic E-state index is -0.901. The molecule has 3 saturated carbocycles. The summed E-state index contributed by atoms with van der Waals surface area (Å²) in [5.74, 6) is 0.439. The predicted octanol–water partition coefficient (Wildman–Crippen LogP) is 0.920. The molecular weight excluding hydrogens is 465 g/mol. The second-order valence-electron chi connectivity index (χ2n) is 10.3. The molecule has 0 radical (unpaired) electrons. The Balaban J connectivity index is 1.07. The number of aliphatic hydroxyl groups excluding tert-OH is 1. The monoisotopic (exact) mass is 497 g/mol. The number of hydroxylamine groups is 1. The Kier molecular flexibility index (Phi) is 6.75. The SMILES string of the molecule is CC1NN(C)CC1C1CC(C(=O)NC23CC(C2)[C@@H](NC(O)COc2ccc(Cl)c(F)c2)C3)NO1. The van der Waals surface area contributed by atoms with Crippen LogP contribution in [0.15, 0.2) is 18.2 Å². The molecule has 1 aromatic carbocycles. The zero-order valence-corrected chi connectivity index (χ0v) is 20.1. The van der Waals surface area contributed by atoms with Gasteiger partial charge in [-0.1, -0.05) is 11.6 Å². The Bertz CT molecular complexity index is 919. The zero-order chi connectivity index (χ0) is 24.0. The van der Waals surface area contributed by atoms with Crippen LogP contribution >= 0.6 is 11.6 Å². The number of benzene rings is 1. The van der Waals surface area contributed by atoms with Gasteiger partial charge in [-0.15, -0.1) is 0 Å². The van der Waals surface area contributed by atoms with E-state index in [4.69, 9.17) is 21.2 Å². The number of nitrogens with zero attached hydrogens (tertiary/aromatic N) is 1. The van der Waals surface area contributed by atoms with E-state index >= 15 is 0 Å². The van der Waals surface area contributed by atoms with Gasteiger partial charge in [0, 0.05) is 49.6 Å². The molecule has 1 amide bonds. The number of hydrogen-bond acceptors (Lipinski definition) is 8. The van der Waals surface area contributed by atoms with E-state index < -0.39 is 12.0 Å². The van der Waals surface area contributed by atoms with Crippen molar-refractivity contribution in [3.05, 3.63) is 29.0 Å². The molecule has 5 fully saturated rings. The van der Waals surface area contributed by atoms with Gasteiger partial charge in [-0.2, -0.15) is 5.48 Å². The van der Waals surface area contributed by atoms with Crippen LogP contribution in [-0.4, -0.2) is 72.2 Å². The van der Waals surface area contributed by atoms with Gasteiger partial charge in [0.2, 0.25) is 5.91 Å². The van der Waals surface area contributed by atoms with E-state index in [1.165, 1.54) is 12.1 Å². The maximum Gasteiger partial charge on any atom is 0.240 e. The molecule has 1 aromatic rings.